The molecule has 2 atom stereocenters. The molecule has 0 spiro atoms. The molecule has 9 nitrogen and oxygen atoms in total. The van der Waals surface area contributed by atoms with Gasteiger partial charge in [-0.3, -0.25) is 9.59 Å². The van der Waals surface area contributed by atoms with E-state index in [9.17, 15) is 22.4 Å². The molecule has 0 radical (unpaired) electrons. The fraction of sp³-hybridized carbons (Fsp3) is 0.440. The molecule has 0 bridgehead atoms. The van der Waals surface area contributed by atoms with Gasteiger partial charge in [0.1, 0.15) is 24.2 Å². The summed E-state index contributed by atoms with van der Waals surface area (Å²) in [6.45, 7) is 4.88. The molecule has 0 aliphatic rings. The van der Waals surface area contributed by atoms with Crippen molar-refractivity contribution in [2.75, 3.05) is 32.1 Å². The summed E-state index contributed by atoms with van der Waals surface area (Å²) >= 11 is 0. The summed E-state index contributed by atoms with van der Waals surface area (Å²) < 4.78 is 46.7. The second-order valence-corrected chi connectivity index (χ2v) is 10.7. The van der Waals surface area contributed by atoms with Gasteiger partial charge in [-0.25, -0.2) is 8.70 Å². The molecule has 2 amide bonds. The van der Waals surface area contributed by atoms with Crippen molar-refractivity contribution in [3.63, 3.8) is 0 Å². The number of hydrogen-bond acceptors (Lipinski definition) is 5. The first kappa shape index (κ1) is 29.1. The summed E-state index contributed by atoms with van der Waals surface area (Å²) in [6.07, 6.45) is 0.713. The van der Waals surface area contributed by atoms with Gasteiger partial charge < -0.3 is 15.0 Å². The molecular weight excluding hydrogens is 487 g/mol. The summed E-state index contributed by atoms with van der Waals surface area (Å²) in [5.41, 5.74) is 0.857. The zero-order chi connectivity index (χ0) is 27.0. The lowest BCUT2D eigenvalue weighted by molar-refractivity contribution is -0.139. The standard InChI is InChI=1S/C25H35FN4O5S/c1-7-18(2)27-25(32)19(3)29(16-20-8-14-23(35-6)15-9-20)24(31)17-30(36(33,34)28(4)5)22-12-10-21(26)11-13-22/h8-15,18-19H,7,16-17H2,1-6H3,(H,27,32)/t18-,19-/m0/s1. The van der Waals surface area contributed by atoms with Crippen molar-refractivity contribution in [1.82, 2.24) is 14.5 Å². The Morgan fingerprint density at radius 1 is 1.03 bits per heavy atom. The number of anilines is 1. The number of rotatable bonds is 12. The summed E-state index contributed by atoms with van der Waals surface area (Å²) in [6, 6.07) is 10.9. The van der Waals surface area contributed by atoms with Gasteiger partial charge in [-0.15, -0.1) is 0 Å². The third-order valence-corrected chi connectivity index (χ3v) is 7.63. The van der Waals surface area contributed by atoms with Crippen molar-refractivity contribution in [2.24, 2.45) is 0 Å². The molecular formula is C25H35FN4O5S. The number of carbonyl (C=O) groups is 2. The topological polar surface area (TPSA) is 99.3 Å². The summed E-state index contributed by atoms with van der Waals surface area (Å²) in [4.78, 5) is 27.9. The highest BCUT2D eigenvalue weighted by atomic mass is 32.2. The summed E-state index contributed by atoms with van der Waals surface area (Å²) in [5.74, 6) is -0.843. The first-order valence-corrected chi connectivity index (χ1v) is 13.0. The van der Waals surface area contributed by atoms with E-state index >= 15 is 0 Å². The number of amides is 2. The Labute approximate surface area is 213 Å². The molecule has 0 unspecified atom stereocenters. The minimum atomic E-state index is -4.10. The van der Waals surface area contributed by atoms with Crippen LogP contribution >= 0.6 is 0 Å². The van der Waals surface area contributed by atoms with Crippen LogP contribution in [-0.2, 0) is 26.3 Å². The minimum absolute atomic E-state index is 0.0667. The maximum Gasteiger partial charge on any atom is 0.304 e. The van der Waals surface area contributed by atoms with Crippen molar-refractivity contribution in [2.45, 2.75) is 45.8 Å². The van der Waals surface area contributed by atoms with Gasteiger partial charge in [0, 0.05) is 26.7 Å². The van der Waals surface area contributed by atoms with Gasteiger partial charge in [0.2, 0.25) is 11.8 Å². The maximum atomic E-state index is 13.6. The average Bonchev–Trinajstić information content (AvgIpc) is 2.85. The van der Waals surface area contributed by atoms with E-state index in [-0.39, 0.29) is 24.2 Å². The number of halogens is 1. The molecule has 36 heavy (non-hydrogen) atoms. The van der Waals surface area contributed by atoms with E-state index in [1.165, 1.54) is 31.1 Å². The third kappa shape index (κ3) is 7.41. The van der Waals surface area contributed by atoms with Crippen LogP contribution in [0.4, 0.5) is 10.1 Å². The van der Waals surface area contributed by atoms with Gasteiger partial charge in [0.05, 0.1) is 12.8 Å². The van der Waals surface area contributed by atoms with E-state index in [1.54, 1.807) is 38.3 Å². The van der Waals surface area contributed by atoms with Gasteiger partial charge in [0.15, 0.2) is 0 Å². The highest BCUT2D eigenvalue weighted by Crippen LogP contribution is 2.22. The molecule has 2 aromatic rings. The van der Waals surface area contributed by atoms with E-state index in [4.69, 9.17) is 4.74 Å². The lowest BCUT2D eigenvalue weighted by Gasteiger charge is -2.33. The van der Waals surface area contributed by atoms with Gasteiger partial charge in [-0.2, -0.15) is 12.7 Å². The molecule has 0 saturated carbocycles. The molecule has 0 fully saturated rings. The van der Waals surface area contributed by atoms with Crippen LogP contribution in [0.5, 0.6) is 5.75 Å². The van der Waals surface area contributed by atoms with Crippen molar-refractivity contribution >= 4 is 27.7 Å². The number of nitrogens with zero attached hydrogens (tertiary/aromatic N) is 3. The van der Waals surface area contributed by atoms with Gasteiger partial charge >= 0.3 is 10.2 Å². The van der Waals surface area contributed by atoms with Crippen LogP contribution in [0.3, 0.4) is 0 Å². The number of carbonyl (C=O) groups excluding carboxylic acids is 2. The Morgan fingerprint density at radius 3 is 2.11 bits per heavy atom. The number of hydrogen-bond donors (Lipinski definition) is 1. The highest BCUT2D eigenvalue weighted by Gasteiger charge is 2.32. The summed E-state index contributed by atoms with van der Waals surface area (Å²) in [5, 5.41) is 2.87. The number of nitrogens with one attached hydrogen (secondary N) is 1. The van der Waals surface area contributed by atoms with E-state index in [1.807, 2.05) is 13.8 Å². The minimum Gasteiger partial charge on any atom is -0.497 e. The Balaban J connectivity index is 2.43. The average molecular weight is 523 g/mol. The fourth-order valence-corrected chi connectivity index (χ4v) is 4.36. The molecule has 11 heteroatoms. The third-order valence-electron chi connectivity index (χ3n) is 5.81. The highest BCUT2D eigenvalue weighted by molar-refractivity contribution is 7.90. The lowest BCUT2D eigenvalue weighted by atomic mass is 10.1. The zero-order valence-electron chi connectivity index (χ0n) is 21.6. The van der Waals surface area contributed by atoms with E-state index in [0.717, 1.165) is 26.3 Å². The van der Waals surface area contributed by atoms with Crippen molar-refractivity contribution < 1.29 is 27.1 Å². The van der Waals surface area contributed by atoms with Gasteiger partial charge in [0.25, 0.3) is 0 Å². The predicted molar refractivity (Wildman–Crippen MR) is 137 cm³/mol. The Hall–Kier alpha value is -3.18. The second-order valence-electron chi connectivity index (χ2n) is 8.64. The first-order chi connectivity index (χ1) is 16.9. The van der Waals surface area contributed by atoms with Crippen LogP contribution in [0.15, 0.2) is 48.5 Å². The smallest absolute Gasteiger partial charge is 0.304 e. The van der Waals surface area contributed by atoms with Crippen molar-refractivity contribution in [1.29, 1.82) is 0 Å². The van der Waals surface area contributed by atoms with Gasteiger partial charge in [-0.1, -0.05) is 19.1 Å². The van der Waals surface area contributed by atoms with Crippen LogP contribution in [-0.4, -0.2) is 69.3 Å². The number of benzene rings is 2. The second kappa shape index (κ2) is 12.7. The normalized spacial score (nSPS) is 13.1. The van der Waals surface area contributed by atoms with E-state index < -0.39 is 34.5 Å². The molecule has 2 aromatic carbocycles. The fourth-order valence-electron chi connectivity index (χ4n) is 3.30. The number of ether oxygens (including phenoxy) is 1. The molecule has 198 valence electrons. The van der Waals surface area contributed by atoms with E-state index in [0.29, 0.717) is 12.2 Å². The molecule has 1 N–H and O–H groups in total. The quantitative estimate of drug-likeness (QED) is 0.462. The molecule has 0 heterocycles. The van der Waals surface area contributed by atoms with Crippen LogP contribution in [0.2, 0.25) is 0 Å². The molecule has 0 aliphatic heterocycles. The molecule has 0 aromatic heterocycles. The summed E-state index contributed by atoms with van der Waals surface area (Å²) in [7, 11) is 0.120. The van der Waals surface area contributed by atoms with Crippen LogP contribution < -0.4 is 14.4 Å². The van der Waals surface area contributed by atoms with E-state index in [2.05, 4.69) is 5.32 Å². The van der Waals surface area contributed by atoms with Crippen molar-refractivity contribution in [3.05, 3.63) is 59.9 Å². The monoisotopic (exact) mass is 522 g/mol. The zero-order valence-corrected chi connectivity index (χ0v) is 22.4. The van der Waals surface area contributed by atoms with Crippen LogP contribution in [0.1, 0.15) is 32.8 Å². The molecule has 2 rings (SSSR count). The van der Waals surface area contributed by atoms with Crippen LogP contribution in [0.25, 0.3) is 0 Å². The molecule has 0 aliphatic carbocycles. The number of methoxy groups -OCH3 is 1. The Kier molecular flexibility index (Phi) is 10.2. The lowest BCUT2D eigenvalue weighted by Crippen LogP contribution is -2.53. The van der Waals surface area contributed by atoms with Gasteiger partial charge in [-0.05, 0) is 62.2 Å². The van der Waals surface area contributed by atoms with Crippen LogP contribution in [0, 0.1) is 5.82 Å². The van der Waals surface area contributed by atoms with Crippen molar-refractivity contribution in [3.8, 4) is 5.75 Å². The Bertz CT molecular complexity index is 1120. The Morgan fingerprint density at radius 2 is 1.61 bits per heavy atom. The SMILES string of the molecule is CC[C@H](C)NC(=O)[C@H](C)N(Cc1ccc(OC)cc1)C(=O)CN(c1ccc(F)cc1)S(=O)(=O)N(C)C. The first-order valence-electron chi connectivity index (χ1n) is 11.6. The predicted octanol–water partition coefficient (Wildman–Crippen LogP) is 2.78. The molecule has 0 saturated heterocycles. The maximum absolute atomic E-state index is 13.6. The largest absolute Gasteiger partial charge is 0.497 e.